The molecule has 1 unspecified atom stereocenters. The van der Waals surface area contributed by atoms with Gasteiger partial charge >= 0.3 is 0 Å². The van der Waals surface area contributed by atoms with Crippen molar-refractivity contribution in [3.63, 3.8) is 0 Å². The van der Waals surface area contributed by atoms with Crippen LogP contribution in [0.4, 0.5) is 0 Å². The van der Waals surface area contributed by atoms with Crippen LogP contribution in [-0.4, -0.2) is 16.4 Å². The van der Waals surface area contributed by atoms with Crippen LogP contribution in [0.5, 0.6) is 0 Å². The van der Waals surface area contributed by atoms with E-state index in [4.69, 9.17) is 11.6 Å². The van der Waals surface area contributed by atoms with Gasteiger partial charge in [0.2, 0.25) is 0 Å². The molecule has 0 amide bonds. The minimum absolute atomic E-state index is 0.249. The molecule has 0 bridgehead atoms. The Bertz CT molecular complexity index is 593. The van der Waals surface area contributed by atoms with Crippen molar-refractivity contribution in [2.24, 2.45) is 0 Å². The van der Waals surface area contributed by atoms with Crippen molar-refractivity contribution >= 4 is 39.1 Å². The van der Waals surface area contributed by atoms with Crippen LogP contribution >= 0.6 is 27.5 Å². The molecule has 2 aromatic carbocycles. The lowest BCUT2D eigenvalue weighted by Gasteiger charge is -2.08. The molecule has 0 aliphatic carbocycles. The fourth-order valence-electron chi connectivity index (χ4n) is 1.63. The van der Waals surface area contributed by atoms with E-state index in [1.54, 1.807) is 48.5 Å². The molecular formula is C15H10BrClO2. The van der Waals surface area contributed by atoms with Gasteiger partial charge in [-0.1, -0.05) is 57.9 Å². The first-order valence-electron chi connectivity index (χ1n) is 5.62. The van der Waals surface area contributed by atoms with Crippen LogP contribution in [0.25, 0.3) is 0 Å². The van der Waals surface area contributed by atoms with E-state index in [0.717, 1.165) is 0 Å². The van der Waals surface area contributed by atoms with Gasteiger partial charge in [-0.2, -0.15) is 0 Å². The third-order valence-corrected chi connectivity index (χ3v) is 3.73. The summed E-state index contributed by atoms with van der Waals surface area (Å²) in [6, 6.07) is 15.2. The summed E-state index contributed by atoms with van der Waals surface area (Å²) in [4.78, 5) is 23.4. The second kappa shape index (κ2) is 6.13. The van der Waals surface area contributed by atoms with Gasteiger partial charge in [-0.15, -0.1) is 0 Å². The van der Waals surface area contributed by atoms with Gasteiger partial charge in [-0.3, -0.25) is 9.59 Å². The highest BCUT2D eigenvalue weighted by Gasteiger charge is 2.25. The number of carbonyl (C=O) groups excluding carboxylic acids is 2. The number of carbonyl (C=O) groups is 2. The average Bonchev–Trinajstić information content (AvgIpc) is 2.46. The molecule has 19 heavy (non-hydrogen) atoms. The highest BCUT2D eigenvalue weighted by atomic mass is 79.9. The number of hydrogen-bond donors (Lipinski definition) is 0. The molecule has 0 aromatic heterocycles. The first-order valence-corrected chi connectivity index (χ1v) is 6.92. The number of alkyl halides is 1. The van der Waals surface area contributed by atoms with Crippen molar-refractivity contribution < 1.29 is 9.59 Å². The molecule has 1 atom stereocenters. The van der Waals surface area contributed by atoms with E-state index in [9.17, 15) is 9.59 Å². The second-order valence-electron chi connectivity index (χ2n) is 3.96. The van der Waals surface area contributed by atoms with Crippen LogP contribution in [0.15, 0.2) is 54.6 Å². The first-order chi connectivity index (χ1) is 9.09. The number of rotatable bonds is 4. The fourth-order valence-corrected chi connectivity index (χ4v) is 2.28. The van der Waals surface area contributed by atoms with Gasteiger partial charge in [0.05, 0.1) is 0 Å². The zero-order chi connectivity index (χ0) is 13.8. The summed E-state index contributed by atoms with van der Waals surface area (Å²) in [6.45, 7) is 0. The lowest BCUT2D eigenvalue weighted by Crippen LogP contribution is -2.24. The molecule has 0 aliphatic rings. The van der Waals surface area contributed by atoms with Crippen LogP contribution in [0.3, 0.4) is 0 Å². The van der Waals surface area contributed by atoms with E-state index < -0.39 is 4.83 Å². The molecule has 0 heterocycles. The average molecular weight is 338 g/mol. The van der Waals surface area contributed by atoms with Gasteiger partial charge in [-0.05, 0) is 24.3 Å². The van der Waals surface area contributed by atoms with E-state index in [0.29, 0.717) is 16.1 Å². The summed E-state index contributed by atoms with van der Waals surface area (Å²) in [5.41, 5.74) is 0.960. The molecule has 0 saturated heterocycles. The Balaban J connectivity index is 2.20. The van der Waals surface area contributed by atoms with Crippen LogP contribution in [0.2, 0.25) is 5.02 Å². The van der Waals surface area contributed by atoms with Crippen LogP contribution in [-0.2, 0) is 0 Å². The van der Waals surface area contributed by atoms with E-state index in [-0.39, 0.29) is 11.6 Å². The number of halogens is 2. The Morgan fingerprint density at radius 1 is 0.842 bits per heavy atom. The third kappa shape index (κ3) is 3.31. The van der Waals surface area contributed by atoms with Gasteiger partial charge < -0.3 is 0 Å². The number of ketones is 2. The molecule has 2 rings (SSSR count). The number of hydrogen-bond acceptors (Lipinski definition) is 2. The van der Waals surface area contributed by atoms with Gasteiger partial charge in [0.15, 0.2) is 11.6 Å². The maximum atomic E-state index is 12.2. The quantitative estimate of drug-likeness (QED) is 0.477. The van der Waals surface area contributed by atoms with E-state index in [1.165, 1.54) is 0 Å². The first kappa shape index (κ1) is 14.0. The smallest absolute Gasteiger partial charge is 0.184 e. The molecule has 0 fully saturated rings. The minimum atomic E-state index is -0.879. The van der Waals surface area contributed by atoms with Crippen molar-refractivity contribution in [2.45, 2.75) is 4.83 Å². The molecule has 0 N–H and O–H groups in total. The summed E-state index contributed by atoms with van der Waals surface area (Å²) < 4.78 is 0. The SMILES string of the molecule is O=C(c1ccccc1)C(Br)C(=O)c1ccc(Cl)cc1. The summed E-state index contributed by atoms with van der Waals surface area (Å²) in [5, 5.41) is 0.553. The van der Waals surface area contributed by atoms with Gasteiger partial charge in [0.1, 0.15) is 4.83 Å². The maximum absolute atomic E-state index is 12.2. The molecule has 0 radical (unpaired) electrons. The molecule has 2 nitrogen and oxygen atoms in total. The normalized spacial score (nSPS) is 11.9. The van der Waals surface area contributed by atoms with Crippen molar-refractivity contribution in [2.75, 3.05) is 0 Å². The molecule has 4 heteroatoms. The molecule has 0 saturated carbocycles. The zero-order valence-electron chi connectivity index (χ0n) is 9.85. The Labute approximate surface area is 124 Å². The summed E-state index contributed by atoms with van der Waals surface area (Å²) in [6.07, 6.45) is 0. The Morgan fingerprint density at radius 2 is 1.32 bits per heavy atom. The Kier molecular flexibility index (Phi) is 4.51. The van der Waals surface area contributed by atoms with Gasteiger partial charge in [0.25, 0.3) is 0 Å². The molecule has 96 valence electrons. The monoisotopic (exact) mass is 336 g/mol. The van der Waals surface area contributed by atoms with Crippen LogP contribution in [0, 0.1) is 0 Å². The van der Waals surface area contributed by atoms with E-state index in [1.807, 2.05) is 6.07 Å². The van der Waals surface area contributed by atoms with Gasteiger partial charge in [-0.25, -0.2) is 0 Å². The highest BCUT2D eigenvalue weighted by molar-refractivity contribution is 9.10. The van der Waals surface area contributed by atoms with Crippen LogP contribution < -0.4 is 0 Å². The standard InChI is InChI=1S/C15H10BrClO2/c16-13(14(18)10-4-2-1-3-5-10)15(19)11-6-8-12(17)9-7-11/h1-9,13H. The van der Waals surface area contributed by atoms with Crippen molar-refractivity contribution in [3.8, 4) is 0 Å². The van der Waals surface area contributed by atoms with Crippen molar-refractivity contribution in [3.05, 3.63) is 70.7 Å². The maximum Gasteiger partial charge on any atom is 0.184 e. The lowest BCUT2D eigenvalue weighted by atomic mass is 10.0. The molecule has 0 spiro atoms. The minimum Gasteiger partial charge on any atom is -0.292 e. The predicted molar refractivity (Wildman–Crippen MR) is 79.3 cm³/mol. The van der Waals surface area contributed by atoms with E-state index >= 15 is 0 Å². The van der Waals surface area contributed by atoms with Crippen molar-refractivity contribution in [1.29, 1.82) is 0 Å². The lowest BCUT2D eigenvalue weighted by molar-refractivity contribution is 0.0906. The topological polar surface area (TPSA) is 34.1 Å². The van der Waals surface area contributed by atoms with Crippen LogP contribution in [0.1, 0.15) is 20.7 Å². The Morgan fingerprint density at radius 3 is 1.84 bits per heavy atom. The predicted octanol–water partition coefficient (Wildman–Crippen LogP) is 4.17. The third-order valence-electron chi connectivity index (χ3n) is 2.65. The Hall–Kier alpha value is -1.45. The summed E-state index contributed by atoms with van der Waals surface area (Å²) in [5.74, 6) is -0.522. The molecule has 2 aromatic rings. The van der Waals surface area contributed by atoms with Crippen molar-refractivity contribution in [1.82, 2.24) is 0 Å². The molecular weight excluding hydrogens is 328 g/mol. The largest absolute Gasteiger partial charge is 0.292 e. The fraction of sp³-hybridized carbons (Fsp3) is 0.0667. The second-order valence-corrected chi connectivity index (χ2v) is 5.32. The highest BCUT2D eigenvalue weighted by Crippen LogP contribution is 2.17. The summed E-state index contributed by atoms with van der Waals surface area (Å²) >= 11 is 8.93. The summed E-state index contributed by atoms with van der Waals surface area (Å²) in [7, 11) is 0. The number of benzene rings is 2. The molecule has 0 aliphatic heterocycles. The van der Waals surface area contributed by atoms with E-state index in [2.05, 4.69) is 15.9 Å². The zero-order valence-corrected chi connectivity index (χ0v) is 12.2. The van der Waals surface area contributed by atoms with Gasteiger partial charge in [0, 0.05) is 16.1 Å². The number of Topliss-reactive ketones (excluding diaryl/α,β-unsaturated/α-hetero) is 2.